The largest absolute Gasteiger partial charge is 0.493 e. The molecule has 1 N–H and O–H groups in total. The second kappa shape index (κ2) is 8.74. The Hall–Kier alpha value is -3.20. The maximum absolute atomic E-state index is 13.1. The van der Waals surface area contributed by atoms with E-state index in [-0.39, 0.29) is 35.8 Å². The average molecular weight is 457 g/mol. The summed E-state index contributed by atoms with van der Waals surface area (Å²) in [7, 11) is -3.40. The van der Waals surface area contributed by atoms with Crippen LogP contribution in [-0.2, 0) is 21.1 Å². The number of imide groups is 1. The number of fused-ring (bicyclic) bond motifs is 2. The van der Waals surface area contributed by atoms with Crippen molar-refractivity contribution in [1.29, 1.82) is 0 Å². The van der Waals surface area contributed by atoms with Crippen LogP contribution in [0.5, 0.6) is 5.75 Å². The third kappa shape index (κ3) is 4.52. The summed E-state index contributed by atoms with van der Waals surface area (Å²) in [6.07, 6.45) is 1.61. The summed E-state index contributed by atoms with van der Waals surface area (Å²) in [6.45, 7) is 0.712. The second-order valence-electron chi connectivity index (χ2n) is 8.19. The predicted octanol–water partition coefficient (Wildman–Crippen LogP) is 1.45. The van der Waals surface area contributed by atoms with Gasteiger partial charge in [0.05, 0.1) is 23.5 Å². The highest BCUT2D eigenvalue weighted by Gasteiger charge is 2.42. The summed E-state index contributed by atoms with van der Waals surface area (Å²) in [5, 5.41) is 2.80. The first-order valence-corrected chi connectivity index (χ1v) is 12.4. The first-order valence-electron chi connectivity index (χ1n) is 10.4. The minimum atomic E-state index is -3.40. The Morgan fingerprint density at radius 1 is 1.09 bits per heavy atom. The Morgan fingerprint density at radius 2 is 1.72 bits per heavy atom. The van der Waals surface area contributed by atoms with E-state index in [9.17, 15) is 22.8 Å². The van der Waals surface area contributed by atoms with Crippen molar-refractivity contribution in [3.8, 4) is 5.75 Å². The van der Waals surface area contributed by atoms with Crippen molar-refractivity contribution < 1.29 is 27.5 Å². The molecule has 8 nitrogen and oxygen atoms in total. The normalized spacial score (nSPS) is 18.5. The molecule has 0 aliphatic carbocycles. The number of carbonyl (C=O) groups excluding carboxylic acids is 3. The zero-order valence-electron chi connectivity index (χ0n) is 17.6. The second-order valence-corrected chi connectivity index (χ2v) is 10.5. The van der Waals surface area contributed by atoms with Gasteiger partial charge in [-0.2, -0.15) is 0 Å². The Bertz CT molecular complexity index is 1140. The third-order valence-electron chi connectivity index (χ3n) is 5.72. The smallest absolute Gasteiger partial charge is 0.262 e. The van der Waals surface area contributed by atoms with Crippen molar-refractivity contribution >= 4 is 27.6 Å². The maximum atomic E-state index is 13.1. The highest BCUT2D eigenvalue weighted by atomic mass is 32.2. The Morgan fingerprint density at radius 3 is 2.38 bits per heavy atom. The number of carbonyl (C=O) groups is 3. The van der Waals surface area contributed by atoms with Crippen LogP contribution in [-0.4, -0.2) is 62.2 Å². The van der Waals surface area contributed by atoms with E-state index in [1.165, 1.54) is 12.1 Å². The van der Waals surface area contributed by atoms with Crippen molar-refractivity contribution in [3.05, 3.63) is 65.2 Å². The lowest BCUT2D eigenvalue weighted by Crippen LogP contribution is -2.51. The average Bonchev–Trinajstić information content (AvgIpc) is 3.02. The van der Waals surface area contributed by atoms with Gasteiger partial charge in [-0.3, -0.25) is 19.3 Å². The van der Waals surface area contributed by atoms with E-state index in [4.69, 9.17) is 4.74 Å². The zero-order chi connectivity index (χ0) is 22.9. The molecule has 0 aromatic heterocycles. The van der Waals surface area contributed by atoms with Gasteiger partial charge in [-0.1, -0.05) is 30.3 Å². The molecule has 0 bridgehead atoms. The number of para-hydroxylation sites is 1. The quantitative estimate of drug-likeness (QED) is 0.632. The highest BCUT2D eigenvalue weighted by Crippen LogP contribution is 2.28. The fraction of sp³-hybridized carbons (Fsp3) is 0.348. The molecule has 2 aliphatic rings. The molecular weight excluding hydrogens is 432 g/mol. The van der Waals surface area contributed by atoms with Crippen molar-refractivity contribution in [2.45, 2.75) is 18.9 Å². The standard InChI is InChI=1S/C23H24N2O6S/c1-32(29,30)11-10-19(25-22(27)17-7-3-4-8-18(17)23(25)28)21(26)24-13-15-12-16-6-2-5-9-20(16)31-14-15/h2-9,15,19H,10-14H2,1H3,(H,24,26)/t15-,19-/m1/s1. The summed E-state index contributed by atoms with van der Waals surface area (Å²) in [5.41, 5.74) is 1.48. The predicted molar refractivity (Wildman–Crippen MR) is 117 cm³/mol. The lowest BCUT2D eigenvalue weighted by molar-refractivity contribution is -0.125. The summed E-state index contributed by atoms with van der Waals surface area (Å²) in [6, 6.07) is 12.8. The van der Waals surface area contributed by atoms with Gasteiger partial charge in [-0.25, -0.2) is 8.42 Å². The van der Waals surface area contributed by atoms with Gasteiger partial charge < -0.3 is 10.1 Å². The van der Waals surface area contributed by atoms with Crippen LogP contribution in [0.15, 0.2) is 48.5 Å². The molecule has 2 aliphatic heterocycles. The van der Waals surface area contributed by atoms with Crippen LogP contribution in [0, 0.1) is 5.92 Å². The number of hydrogen-bond donors (Lipinski definition) is 1. The number of rotatable bonds is 7. The zero-order valence-corrected chi connectivity index (χ0v) is 18.4. The number of hydrogen-bond acceptors (Lipinski definition) is 6. The number of amides is 3. The van der Waals surface area contributed by atoms with Crippen molar-refractivity contribution in [2.75, 3.05) is 25.2 Å². The minimum absolute atomic E-state index is 0.0200. The SMILES string of the molecule is CS(=O)(=O)CC[C@H](C(=O)NC[C@@H]1COc2ccccc2C1)N1C(=O)c2ccccc2C1=O. The Balaban J connectivity index is 1.49. The summed E-state index contributed by atoms with van der Waals surface area (Å²) < 4.78 is 29.2. The number of nitrogens with zero attached hydrogens (tertiary/aromatic N) is 1. The van der Waals surface area contributed by atoms with E-state index in [0.717, 1.165) is 28.9 Å². The molecule has 0 saturated carbocycles. The molecule has 2 heterocycles. The molecule has 0 spiro atoms. The number of benzene rings is 2. The molecular formula is C23H24N2O6S. The molecule has 2 atom stereocenters. The third-order valence-corrected chi connectivity index (χ3v) is 6.70. The fourth-order valence-corrected chi connectivity index (χ4v) is 4.73. The molecule has 2 aromatic carbocycles. The molecule has 0 saturated heterocycles. The summed E-state index contributed by atoms with van der Waals surface area (Å²) in [5.74, 6) is -1.21. The van der Waals surface area contributed by atoms with Gasteiger partial charge in [0, 0.05) is 18.7 Å². The van der Waals surface area contributed by atoms with Crippen molar-refractivity contribution in [3.63, 3.8) is 0 Å². The molecule has 3 amide bonds. The van der Waals surface area contributed by atoms with Crippen LogP contribution in [0.2, 0.25) is 0 Å². The number of ether oxygens (including phenoxy) is 1. The van der Waals surface area contributed by atoms with Gasteiger partial charge >= 0.3 is 0 Å². The van der Waals surface area contributed by atoms with Crippen LogP contribution in [0.1, 0.15) is 32.7 Å². The van der Waals surface area contributed by atoms with Gasteiger partial charge in [0.2, 0.25) is 5.91 Å². The highest BCUT2D eigenvalue weighted by molar-refractivity contribution is 7.90. The van der Waals surface area contributed by atoms with E-state index in [1.807, 2.05) is 24.3 Å². The summed E-state index contributed by atoms with van der Waals surface area (Å²) >= 11 is 0. The minimum Gasteiger partial charge on any atom is -0.493 e. The molecule has 4 rings (SSSR count). The van der Waals surface area contributed by atoms with Crippen LogP contribution in [0.4, 0.5) is 0 Å². The molecule has 0 radical (unpaired) electrons. The van der Waals surface area contributed by atoms with Gasteiger partial charge in [0.25, 0.3) is 11.8 Å². The maximum Gasteiger partial charge on any atom is 0.262 e. The lowest BCUT2D eigenvalue weighted by atomic mass is 9.96. The molecule has 0 fully saturated rings. The molecule has 0 unspecified atom stereocenters. The Kier molecular flexibility index (Phi) is 6.01. The Labute approximate surface area is 186 Å². The molecule has 168 valence electrons. The van der Waals surface area contributed by atoms with E-state index < -0.39 is 33.6 Å². The summed E-state index contributed by atoms with van der Waals surface area (Å²) in [4.78, 5) is 39.7. The monoisotopic (exact) mass is 456 g/mol. The lowest BCUT2D eigenvalue weighted by Gasteiger charge is -2.28. The van der Waals surface area contributed by atoms with Crippen LogP contribution in [0.3, 0.4) is 0 Å². The van der Waals surface area contributed by atoms with E-state index in [0.29, 0.717) is 6.61 Å². The fourth-order valence-electron chi connectivity index (χ4n) is 4.08. The van der Waals surface area contributed by atoms with Crippen molar-refractivity contribution in [1.82, 2.24) is 10.2 Å². The van der Waals surface area contributed by atoms with E-state index >= 15 is 0 Å². The van der Waals surface area contributed by atoms with Crippen LogP contribution >= 0.6 is 0 Å². The van der Waals surface area contributed by atoms with Gasteiger partial charge in [-0.05, 0) is 36.6 Å². The van der Waals surface area contributed by atoms with Gasteiger partial charge in [-0.15, -0.1) is 0 Å². The molecule has 9 heteroatoms. The molecule has 2 aromatic rings. The van der Waals surface area contributed by atoms with Crippen LogP contribution in [0.25, 0.3) is 0 Å². The number of sulfone groups is 1. The molecule has 32 heavy (non-hydrogen) atoms. The van der Waals surface area contributed by atoms with E-state index in [1.54, 1.807) is 12.1 Å². The topological polar surface area (TPSA) is 110 Å². The first-order chi connectivity index (χ1) is 15.2. The van der Waals surface area contributed by atoms with Crippen molar-refractivity contribution in [2.24, 2.45) is 5.92 Å². The number of nitrogens with one attached hydrogen (secondary N) is 1. The van der Waals surface area contributed by atoms with Gasteiger partial charge in [0.15, 0.2) is 0 Å². The van der Waals surface area contributed by atoms with Gasteiger partial charge in [0.1, 0.15) is 21.6 Å². The van der Waals surface area contributed by atoms with E-state index in [2.05, 4.69) is 5.32 Å². The first kappa shape index (κ1) is 22.0. The van der Waals surface area contributed by atoms with Crippen LogP contribution < -0.4 is 10.1 Å².